The van der Waals surface area contributed by atoms with Crippen molar-refractivity contribution in [2.45, 2.75) is 12.6 Å². The van der Waals surface area contributed by atoms with Gasteiger partial charge in [0.05, 0.1) is 6.04 Å². The summed E-state index contributed by atoms with van der Waals surface area (Å²) >= 11 is 0. The maximum absolute atomic E-state index is 12.9. The van der Waals surface area contributed by atoms with E-state index in [4.69, 9.17) is 4.42 Å². The monoisotopic (exact) mass is 383 g/mol. The third-order valence-electron chi connectivity index (χ3n) is 4.42. The zero-order valence-electron chi connectivity index (χ0n) is 15.7. The van der Waals surface area contributed by atoms with Crippen LogP contribution in [0.2, 0.25) is 0 Å². The highest BCUT2D eigenvalue weighted by atomic mass is 19.1. The smallest absolute Gasteiger partial charge is 0.309 e. The van der Waals surface area contributed by atoms with Crippen molar-refractivity contribution in [1.29, 1.82) is 0 Å². The van der Waals surface area contributed by atoms with Crippen LogP contribution < -0.4 is 10.6 Å². The molecule has 28 heavy (non-hydrogen) atoms. The number of amides is 2. The molecule has 0 aliphatic heterocycles. The second-order valence-corrected chi connectivity index (χ2v) is 6.69. The van der Waals surface area contributed by atoms with Gasteiger partial charge >= 0.3 is 11.8 Å². The summed E-state index contributed by atoms with van der Waals surface area (Å²) in [6, 6.07) is 15.1. The van der Waals surface area contributed by atoms with Gasteiger partial charge in [0.25, 0.3) is 0 Å². The second-order valence-electron chi connectivity index (χ2n) is 6.69. The first-order valence-electron chi connectivity index (χ1n) is 8.89. The van der Waals surface area contributed by atoms with Crippen LogP contribution in [0.5, 0.6) is 0 Å². The Bertz CT molecular complexity index is 933. The van der Waals surface area contributed by atoms with Crippen LogP contribution in [0.4, 0.5) is 4.39 Å². The molecular weight excluding hydrogens is 361 g/mol. The molecule has 2 aromatic carbocycles. The first-order valence-corrected chi connectivity index (χ1v) is 8.89. The molecule has 0 bridgehead atoms. The van der Waals surface area contributed by atoms with E-state index in [1.807, 2.05) is 49.3 Å². The fourth-order valence-electron chi connectivity index (χ4n) is 2.84. The van der Waals surface area contributed by atoms with E-state index in [0.29, 0.717) is 11.3 Å². The SMILES string of the molecule is CN(C)C(CNC(=O)C(=O)NCc1ccc(F)cc1)c1cc2ccccc2o1. The molecule has 1 atom stereocenters. The molecule has 3 aromatic rings. The van der Waals surface area contributed by atoms with Crippen LogP contribution in [-0.2, 0) is 16.1 Å². The van der Waals surface area contributed by atoms with Gasteiger partial charge in [0, 0.05) is 18.5 Å². The molecule has 2 N–H and O–H groups in total. The summed E-state index contributed by atoms with van der Waals surface area (Å²) in [6.07, 6.45) is 0. The maximum atomic E-state index is 12.9. The van der Waals surface area contributed by atoms with Crippen LogP contribution in [0.15, 0.2) is 59.0 Å². The summed E-state index contributed by atoms with van der Waals surface area (Å²) < 4.78 is 18.8. The summed E-state index contributed by atoms with van der Waals surface area (Å²) in [6.45, 7) is 0.364. The van der Waals surface area contributed by atoms with Crippen LogP contribution in [0.25, 0.3) is 11.0 Å². The van der Waals surface area contributed by atoms with Gasteiger partial charge in [-0.05, 0) is 43.9 Å². The number of furan rings is 1. The number of benzene rings is 2. The van der Waals surface area contributed by atoms with Crippen LogP contribution in [0, 0.1) is 5.82 Å². The summed E-state index contributed by atoms with van der Waals surface area (Å²) in [5.41, 5.74) is 1.48. The number of likely N-dealkylation sites (N-methyl/N-ethyl adjacent to an activating group) is 1. The van der Waals surface area contributed by atoms with Crippen molar-refractivity contribution < 1.29 is 18.4 Å². The molecule has 1 unspecified atom stereocenters. The fourth-order valence-corrected chi connectivity index (χ4v) is 2.84. The van der Waals surface area contributed by atoms with Crippen LogP contribution in [-0.4, -0.2) is 37.4 Å². The Balaban J connectivity index is 1.57. The molecule has 6 nitrogen and oxygen atoms in total. The highest BCUT2D eigenvalue weighted by Gasteiger charge is 2.21. The van der Waals surface area contributed by atoms with Crippen LogP contribution in [0.1, 0.15) is 17.4 Å². The molecule has 2 amide bonds. The Kier molecular flexibility index (Phi) is 6.06. The van der Waals surface area contributed by atoms with Crippen molar-refractivity contribution in [3.8, 4) is 0 Å². The predicted octanol–water partition coefficient (Wildman–Crippen LogP) is 2.61. The zero-order chi connectivity index (χ0) is 20.1. The average Bonchev–Trinajstić information content (AvgIpc) is 3.10. The van der Waals surface area contributed by atoms with E-state index in [-0.39, 0.29) is 24.9 Å². The molecular formula is C21H22FN3O3. The maximum Gasteiger partial charge on any atom is 0.309 e. The van der Waals surface area contributed by atoms with Gasteiger partial charge in [0.1, 0.15) is 17.2 Å². The molecule has 0 spiro atoms. The first kappa shape index (κ1) is 19.6. The second kappa shape index (κ2) is 8.67. The average molecular weight is 383 g/mol. The third kappa shape index (κ3) is 4.75. The number of hydrogen-bond donors (Lipinski definition) is 2. The topological polar surface area (TPSA) is 74.6 Å². The fraction of sp³-hybridized carbons (Fsp3) is 0.238. The van der Waals surface area contributed by atoms with Crippen LogP contribution in [0.3, 0.4) is 0 Å². The highest BCUT2D eigenvalue weighted by Crippen LogP contribution is 2.25. The lowest BCUT2D eigenvalue weighted by Crippen LogP contribution is -2.42. The van der Waals surface area contributed by atoms with E-state index in [9.17, 15) is 14.0 Å². The molecule has 0 saturated carbocycles. The van der Waals surface area contributed by atoms with Crippen molar-refractivity contribution in [3.63, 3.8) is 0 Å². The number of halogens is 1. The van der Waals surface area contributed by atoms with Gasteiger partial charge in [-0.2, -0.15) is 0 Å². The molecule has 0 aliphatic carbocycles. The van der Waals surface area contributed by atoms with Crippen molar-refractivity contribution in [1.82, 2.24) is 15.5 Å². The van der Waals surface area contributed by atoms with E-state index in [2.05, 4.69) is 10.6 Å². The minimum atomic E-state index is -0.744. The summed E-state index contributed by atoms with van der Waals surface area (Å²) in [5, 5.41) is 6.14. The van der Waals surface area contributed by atoms with E-state index in [1.54, 1.807) is 12.1 Å². The molecule has 0 aliphatic rings. The zero-order valence-corrected chi connectivity index (χ0v) is 15.7. The summed E-state index contributed by atoms with van der Waals surface area (Å²) in [5.74, 6) is -1.12. The highest BCUT2D eigenvalue weighted by molar-refractivity contribution is 6.35. The minimum Gasteiger partial charge on any atom is -0.459 e. The number of nitrogens with one attached hydrogen (secondary N) is 2. The summed E-state index contributed by atoms with van der Waals surface area (Å²) in [7, 11) is 3.75. The Morgan fingerprint density at radius 1 is 1.04 bits per heavy atom. The van der Waals surface area contributed by atoms with Gasteiger partial charge in [-0.3, -0.25) is 14.5 Å². The molecule has 1 heterocycles. The Morgan fingerprint density at radius 2 is 1.71 bits per heavy atom. The molecule has 1 aromatic heterocycles. The Labute approximate surface area is 162 Å². The lowest BCUT2D eigenvalue weighted by molar-refractivity contribution is -0.139. The van der Waals surface area contributed by atoms with Gasteiger partial charge in [-0.1, -0.05) is 30.3 Å². The number of carbonyl (C=O) groups excluding carboxylic acids is 2. The predicted molar refractivity (Wildman–Crippen MR) is 104 cm³/mol. The van der Waals surface area contributed by atoms with Crippen LogP contribution >= 0.6 is 0 Å². The number of fused-ring (bicyclic) bond motifs is 1. The normalized spacial score (nSPS) is 12.1. The number of nitrogens with zero attached hydrogens (tertiary/aromatic N) is 1. The Morgan fingerprint density at radius 3 is 2.39 bits per heavy atom. The third-order valence-corrected chi connectivity index (χ3v) is 4.42. The van der Waals surface area contributed by atoms with E-state index < -0.39 is 11.8 Å². The van der Waals surface area contributed by atoms with Crippen molar-refractivity contribution >= 4 is 22.8 Å². The molecule has 7 heteroatoms. The number of hydrogen-bond acceptors (Lipinski definition) is 4. The number of carbonyl (C=O) groups is 2. The molecule has 0 fully saturated rings. The molecule has 146 valence electrons. The van der Waals surface area contributed by atoms with Crippen molar-refractivity contribution in [2.24, 2.45) is 0 Å². The summed E-state index contributed by atoms with van der Waals surface area (Å²) in [4.78, 5) is 26.0. The van der Waals surface area contributed by atoms with Gasteiger partial charge in [-0.15, -0.1) is 0 Å². The van der Waals surface area contributed by atoms with Gasteiger partial charge in [0.15, 0.2) is 0 Å². The van der Waals surface area contributed by atoms with E-state index in [1.165, 1.54) is 12.1 Å². The number of para-hydroxylation sites is 1. The molecule has 0 saturated heterocycles. The Hall–Kier alpha value is -3.19. The first-order chi connectivity index (χ1) is 13.4. The van der Waals surface area contributed by atoms with Gasteiger partial charge in [0.2, 0.25) is 0 Å². The van der Waals surface area contributed by atoms with Crippen molar-refractivity contribution in [2.75, 3.05) is 20.6 Å². The number of rotatable bonds is 6. The minimum absolute atomic E-state index is 0.146. The lowest BCUT2D eigenvalue weighted by Gasteiger charge is -2.22. The van der Waals surface area contributed by atoms with Crippen molar-refractivity contribution in [3.05, 3.63) is 71.7 Å². The van der Waals surface area contributed by atoms with E-state index in [0.717, 1.165) is 11.0 Å². The quantitative estimate of drug-likeness (QED) is 0.642. The molecule has 3 rings (SSSR count). The molecule has 0 radical (unpaired) electrons. The van der Waals surface area contributed by atoms with E-state index >= 15 is 0 Å². The van der Waals surface area contributed by atoms with Gasteiger partial charge in [-0.25, -0.2) is 4.39 Å². The lowest BCUT2D eigenvalue weighted by atomic mass is 10.2. The largest absolute Gasteiger partial charge is 0.459 e. The standard InChI is InChI=1S/C21H22FN3O3/c1-25(2)17(19-11-15-5-3-4-6-18(15)28-19)13-24-21(27)20(26)23-12-14-7-9-16(22)10-8-14/h3-11,17H,12-13H2,1-2H3,(H,23,26)(H,24,27). The van der Waals surface area contributed by atoms with Gasteiger partial charge < -0.3 is 15.1 Å².